The number of aliphatic hydroxyl groups is 1. The largest absolute Gasteiger partial charge is 0.391 e. The van der Waals surface area contributed by atoms with Crippen LogP contribution in [0.25, 0.3) is 0 Å². The Morgan fingerprint density at radius 3 is 2.78 bits per heavy atom. The molecule has 0 unspecified atom stereocenters. The molecule has 0 fully saturated rings. The van der Waals surface area contributed by atoms with E-state index in [1.54, 1.807) is 6.07 Å². The highest BCUT2D eigenvalue weighted by atomic mass is 32.2. The molecule has 5 nitrogen and oxygen atoms in total. The predicted molar refractivity (Wildman–Crippen MR) is 71.2 cm³/mol. The standard InChI is InChI=1S/C11H19NO4S2/c1-2-3-7-16-8-6-12-18(14,15)11-5-4-10(9-13)17-11/h4-5,12-13H,2-3,6-9H2,1H3. The van der Waals surface area contributed by atoms with Gasteiger partial charge in [0.25, 0.3) is 0 Å². The van der Waals surface area contributed by atoms with Crippen LogP contribution in [0.5, 0.6) is 0 Å². The van der Waals surface area contributed by atoms with Gasteiger partial charge in [0.1, 0.15) is 4.21 Å². The Balaban J connectivity index is 2.36. The zero-order valence-corrected chi connectivity index (χ0v) is 12.0. The van der Waals surface area contributed by atoms with E-state index in [4.69, 9.17) is 9.84 Å². The van der Waals surface area contributed by atoms with Crippen LogP contribution in [0.3, 0.4) is 0 Å². The number of aliphatic hydroxyl groups excluding tert-OH is 1. The number of hydrogen-bond acceptors (Lipinski definition) is 5. The average Bonchev–Trinajstić information content (AvgIpc) is 2.83. The van der Waals surface area contributed by atoms with Gasteiger partial charge in [0.15, 0.2) is 0 Å². The van der Waals surface area contributed by atoms with Crippen LogP contribution in [0.15, 0.2) is 16.3 Å². The van der Waals surface area contributed by atoms with Crippen molar-refractivity contribution in [3.63, 3.8) is 0 Å². The van der Waals surface area contributed by atoms with Crippen molar-refractivity contribution >= 4 is 21.4 Å². The van der Waals surface area contributed by atoms with Gasteiger partial charge in [0.05, 0.1) is 13.2 Å². The van der Waals surface area contributed by atoms with Gasteiger partial charge in [-0.15, -0.1) is 11.3 Å². The molecule has 0 aliphatic carbocycles. The minimum atomic E-state index is -3.46. The maximum Gasteiger partial charge on any atom is 0.250 e. The summed E-state index contributed by atoms with van der Waals surface area (Å²) in [5.41, 5.74) is 0. The summed E-state index contributed by atoms with van der Waals surface area (Å²) in [6, 6.07) is 3.10. The molecule has 0 saturated carbocycles. The van der Waals surface area contributed by atoms with E-state index < -0.39 is 10.0 Å². The van der Waals surface area contributed by atoms with E-state index >= 15 is 0 Å². The van der Waals surface area contributed by atoms with Crippen LogP contribution in [0.2, 0.25) is 0 Å². The molecule has 0 amide bonds. The van der Waals surface area contributed by atoms with Crippen molar-refractivity contribution in [1.82, 2.24) is 4.72 Å². The van der Waals surface area contributed by atoms with Crippen LogP contribution in [0.4, 0.5) is 0 Å². The van der Waals surface area contributed by atoms with Crippen LogP contribution in [-0.4, -0.2) is 33.3 Å². The summed E-state index contributed by atoms with van der Waals surface area (Å²) >= 11 is 1.07. The fourth-order valence-corrected chi connectivity index (χ4v) is 3.53. The molecule has 1 aromatic rings. The predicted octanol–water partition coefficient (Wildman–Crippen LogP) is 1.34. The summed E-state index contributed by atoms with van der Waals surface area (Å²) in [4.78, 5) is 0.634. The first-order valence-electron chi connectivity index (χ1n) is 5.87. The first-order valence-corrected chi connectivity index (χ1v) is 8.17. The monoisotopic (exact) mass is 293 g/mol. The Kier molecular flexibility index (Phi) is 6.80. The second-order valence-corrected chi connectivity index (χ2v) is 6.90. The lowest BCUT2D eigenvalue weighted by Crippen LogP contribution is -2.26. The second-order valence-electron chi connectivity index (χ2n) is 3.74. The van der Waals surface area contributed by atoms with E-state index in [1.165, 1.54) is 6.07 Å². The van der Waals surface area contributed by atoms with Gasteiger partial charge in [-0.3, -0.25) is 0 Å². The Bertz CT molecular complexity index is 442. The van der Waals surface area contributed by atoms with Crippen molar-refractivity contribution in [2.75, 3.05) is 19.8 Å². The van der Waals surface area contributed by atoms with Crippen LogP contribution >= 0.6 is 11.3 Å². The molecule has 0 atom stereocenters. The van der Waals surface area contributed by atoms with E-state index in [2.05, 4.69) is 11.6 Å². The van der Waals surface area contributed by atoms with Crippen LogP contribution < -0.4 is 4.72 Å². The fraction of sp³-hybridized carbons (Fsp3) is 0.636. The molecule has 0 bridgehead atoms. The van der Waals surface area contributed by atoms with E-state index in [0.717, 1.165) is 24.2 Å². The Labute approximate surface area is 112 Å². The molecule has 0 saturated heterocycles. The Morgan fingerprint density at radius 1 is 1.39 bits per heavy atom. The van der Waals surface area contributed by atoms with Crippen molar-refractivity contribution in [3.8, 4) is 0 Å². The highest BCUT2D eigenvalue weighted by Crippen LogP contribution is 2.20. The lowest BCUT2D eigenvalue weighted by Gasteiger charge is -2.05. The first kappa shape index (κ1) is 15.6. The number of rotatable bonds is 9. The summed E-state index contributed by atoms with van der Waals surface area (Å²) in [5.74, 6) is 0. The van der Waals surface area contributed by atoms with Crippen molar-refractivity contribution < 1.29 is 18.3 Å². The summed E-state index contributed by atoms with van der Waals surface area (Å²) in [6.45, 7) is 3.23. The Morgan fingerprint density at radius 2 is 2.17 bits per heavy atom. The SMILES string of the molecule is CCCCOCCNS(=O)(=O)c1ccc(CO)s1. The molecular weight excluding hydrogens is 274 g/mol. The van der Waals surface area contributed by atoms with E-state index in [9.17, 15) is 8.42 Å². The van der Waals surface area contributed by atoms with Crippen molar-refractivity contribution in [2.24, 2.45) is 0 Å². The van der Waals surface area contributed by atoms with Crippen molar-refractivity contribution in [1.29, 1.82) is 0 Å². The van der Waals surface area contributed by atoms with E-state index in [-0.39, 0.29) is 17.4 Å². The lowest BCUT2D eigenvalue weighted by molar-refractivity contribution is 0.136. The molecule has 0 aliphatic rings. The average molecular weight is 293 g/mol. The summed E-state index contributed by atoms with van der Waals surface area (Å²) in [5, 5.41) is 8.89. The molecule has 0 aliphatic heterocycles. The molecule has 7 heteroatoms. The maximum absolute atomic E-state index is 11.8. The summed E-state index contributed by atoms with van der Waals surface area (Å²) in [6.07, 6.45) is 2.04. The number of thiophene rings is 1. The molecule has 1 rings (SSSR count). The van der Waals surface area contributed by atoms with Gasteiger partial charge >= 0.3 is 0 Å². The van der Waals surface area contributed by atoms with Gasteiger partial charge in [-0.2, -0.15) is 0 Å². The number of nitrogens with one attached hydrogen (secondary N) is 1. The topological polar surface area (TPSA) is 75.6 Å². The molecule has 2 N–H and O–H groups in total. The molecule has 18 heavy (non-hydrogen) atoms. The van der Waals surface area contributed by atoms with Gasteiger partial charge in [-0.1, -0.05) is 13.3 Å². The molecule has 1 aromatic heterocycles. The number of sulfonamides is 1. The minimum absolute atomic E-state index is 0.139. The summed E-state index contributed by atoms with van der Waals surface area (Å²) in [7, 11) is -3.46. The van der Waals surface area contributed by atoms with Gasteiger partial charge in [0, 0.05) is 18.0 Å². The highest BCUT2D eigenvalue weighted by molar-refractivity contribution is 7.91. The molecule has 0 spiro atoms. The number of hydrogen-bond donors (Lipinski definition) is 2. The normalized spacial score (nSPS) is 11.9. The van der Waals surface area contributed by atoms with Crippen LogP contribution in [-0.2, 0) is 21.4 Å². The van der Waals surface area contributed by atoms with Crippen LogP contribution in [0.1, 0.15) is 24.6 Å². The van der Waals surface area contributed by atoms with Crippen LogP contribution in [0, 0.1) is 0 Å². The van der Waals surface area contributed by atoms with E-state index in [0.29, 0.717) is 18.1 Å². The van der Waals surface area contributed by atoms with Crippen molar-refractivity contribution in [2.45, 2.75) is 30.6 Å². The third kappa shape index (κ3) is 5.03. The second kappa shape index (κ2) is 7.85. The van der Waals surface area contributed by atoms with Gasteiger partial charge in [-0.05, 0) is 18.6 Å². The zero-order chi connectivity index (χ0) is 13.4. The molecule has 1 heterocycles. The van der Waals surface area contributed by atoms with Gasteiger partial charge in [-0.25, -0.2) is 13.1 Å². The maximum atomic E-state index is 11.8. The molecular formula is C11H19NO4S2. The van der Waals surface area contributed by atoms with E-state index in [1.807, 2.05) is 0 Å². The molecule has 104 valence electrons. The molecule has 0 aromatic carbocycles. The zero-order valence-electron chi connectivity index (χ0n) is 10.4. The number of unbranched alkanes of at least 4 members (excludes halogenated alkanes) is 1. The minimum Gasteiger partial charge on any atom is -0.391 e. The molecule has 0 radical (unpaired) electrons. The third-order valence-electron chi connectivity index (χ3n) is 2.24. The Hall–Kier alpha value is -0.470. The van der Waals surface area contributed by atoms with Gasteiger partial charge in [0.2, 0.25) is 10.0 Å². The summed E-state index contributed by atoms with van der Waals surface area (Å²) < 4.78 is 31.6. The smallest absolute Gasteiger partial charge is 0.250 e. The first-order chi connectivity index (χ1) is 8.60. The van der Waals surface area contributed by atoms with Crippen molar-refractivity contribution in [3.05, 3.63) is 17.0 Å². The third-order valence-corrected chi connectivity index (χ3v) is 5.26. The highest BCUT2D eigenvalue weighted by Gasteiger charge is 2.15. The quantitative estimate of drug-likeness (QED) is 0.674. The fourth-order valence-electron chi connectivity index (χ4n) is 1.26. The number of ether oxygens (including phenoxy) is 1. The van der Waals surface area contributed by atoms with Gasteiger partial charge < -0.3 is 9.84 Å². The lowest BCUT2D eigenvalue weighted by atomic mass is 10.4.